The third kappa shape index (κ3) is 5.40. The summed E-state index contributed by atoms with van der Waals surface area (Å²) < 4.78 is 10.9. The standard InChI is InChI=1S/C18H25NO7/c1-10(2)14-8-11(9-18(3,24)26-14)25-16(23)7-6-15(22)19-17-12(20)4-5-13(17)21/h6-7,10-11,14,20,24H,4-5,8-9H2,1-3H3,(H,19,22)/b7-6+. The van der Waals surface area contributed by atoms with Crippen molar-refractivity contribution in [2.45, 2.75) is 64.4 Å². The van der Waals surface area contributed by atoms with Gasteiger partial charge in [-0.3, -0.25) is 9.59 Å². The maximum Gasteiger partial charge on any atom is 0.331 e. The Morgan fingerprint density at radius 1 is 1.35 bits per heavy atom. The molecule has 1 aliphatic carbocycles. The number of ether oxygens (including phenoxy) is 2. The average Bonchev–Trinajstić information content (AvgIpc) is 2.83. The first kappa shape index (κ1) is 20.1. The Bertz CT molecular complexity index is 648. The zero-order valence-corrected chi connectivity index (χ0v) is 15.2. The van der Waals surface area contributed by atoms with Gasteiger partial charge in [0.2, 0.25) is 5.91 Å². The van der Waals surface area contributed by atoms with Crippen LogP contribution < -0.4 is 5.32 Å². The van der Waals surface area contributed by atoms with E-state index in [1.807, 2.05) is 13.8 Å². The van der Waals surface area contributed by atoms with E-state index in [4.69, 9.17) is 9.47 Å². The van der Waals surface area contributed by atoms with Crippen LogP contribution in [0.3, 0.4) is 0 Å². The van der Waals surface area contributed by atoms with Crippen LogP contribution in [0.2, 0.25) is 0 Å². The maximum atomic E-state index is 11.9. The summed E-state index contributed by atoms with van der Waals surface area (Å²) in [6.45, 7) is 5.41. The van der Waals surface area contributed by atoms with E-state index in [1.54, 1.807) is 0 Å². The molecule has 8 heteroatoms. The van der Waals surface area contributed by atoms with Gasteiger partial charge < -0.3 is 25.0 Å². The summed E-state index contributed by atoms with van der Waals surface area (Å²) in [7, 11) is 0. The van der Waals surface area contributed by atoms with Gasteiger partial charge in [-0.05, 0) is 12.8 Å². The third-order valence-corrected chi connectivity index (χ3v) is 4.31. The summed E-state index contributed by atoms with van der Waals surface area (Å²) >= 11 is 0. The summed E-state index contributed by atoms with van der Waals surface area (Å²) in [6.07, 6.45) is 2.04. The molecule has 0 bridgehead atoms. The number of hydrogen-bond donors (Lipinski definition) is 3. The predicted octanol–water partition coefficient (Wildman–Crippen LogP) is 1.25. The number of rotatable bonds is 5. The SMILES string of the molecule is CC(C)C1CC(OC(=O)/C=C/C(=O)NC2=C(O)CCC2=O)CC(C)(O)O1. The summed E-state index contributed by atoms with van der Waals surface area (Å²) in [6, 6.07) is 0. The normalized spacial score (nSPS) is 29.5. The quantitative estimate of drug-likeness (QED) is 0.494. The van der Waals surface area contributed by atoms with Gasteiger partial charge in [0.05, 0.1) is 6.10 Å². The van der Waals surface area contributed by atoms with Crippen molar-refractivity contribution in [3.63, 3.8) is 0 Å². The summed E-state index contributed by atoms with van der Waals surface area (Å²) in [4.78, 5) is 35.2. The molecule has 0 saturated carbocycles. The van der Waals surface area contributed by atoms with Crippen molar-refractivity contribution in [3.05, 3.63) is 23.6 Å². The van der Waals surface area contributed by atoms with E-state index >= 15 is 0 Å². The lowest BCUT2D eigenvalue weighted by atomic mass is 9.93. The smallest absolute Gasteiger partial charge is 0.331 e. The number of aliphatic hydroxyl groups excluding tert-OH is 1. The second-order valence-electron chi connectivity index (χ2n) is 7.14. The van der Waals surface area contributed by atoms with Crippen LogP contribution >= 0.6 is 0 Å². The van der Waals surface area contributed by atoms with Gasteiger partial charge in [0, 0.05) is 37.8 Å². The Hall–Kier alpha value is -2.19. The lowest BCUT2D eigenvalue weighted by Crippen LogP contribution is -2.47. The minimum atomic E-state index is -1.38. The monoisotopic (exact) mass is 367 g/mol. The second kappa shape index (κ2) is 8.01. The number of Topliss-reactive ketones (excluding diaryl/α,β-unsaturated/α-hetero) is 1. The summed E-state index contributed by atoms with van der Waals surface area (Å²) in [5.74, 6) is -3.20. The van der Waals surface area contributed by atoms with Crippen LogP contribution in [-0.2, 0) is 23.9 Å². The molecule has 8 nitrogen and oxygen atoms in total. The molecular formula is C18H25NO7. The number of amides is 1. The van der Waals surface area contributed by atoms with Crippen molar-refractivity contribution in [1.82, 2.24) is 5.32 Å². The van der Waals surface area contributed by atoms with Crippen molar-refractivity contribution < 1.29 is 34.1 Å². The molecule has 1 saturated heterocycles. The molecule has 3 N–H and O–H groups in total. The first-order valence-electron chi connectivity index (χ1n) is 8.62. The molecule has 0 radical (unpaired) electrons. The third-order valence-electron chi connectivity index (χ3n) is 4.31. The van der Waals surface area contributed by atoms with Crippen LogP contribution in [0.25, 0.3) is 0 Å². The molecule has 144 valence electrons. The summed E-state index contributed by atoms with van der Waals surface area (Å²) in [5, 5.41) is 21.9. The molecule has 0 aromatic heterocycles. The van der Waals surface area contributed by atoms with Crippen molar-refractivity contribution >= 4 is 17.7 Å². The fraction of sp³-hybridized carbons (Fsp3) is 0.611. The van der Waals surface area contributed by atoms with Crippen molar-refractivity contribution in [1.29, 1.82) is 0 Å². The number of ketones is 1. The highest BCUT2D eigenvalue weighted by molar-refractivity contribution is 6.04. The van der Waals surface area contributed by atoms with Crippen molar-refractivity contribution in [2.75, 3.05) is 0 Å². The van der Waals surface area contributed by atoms with E-state index in [-0.39, 0.29) is 48.5 Å². The second-order valence-corrected chi connectivity index (χ2v) is 7.14. The van der Waals surface area contributed by atoms with E-state index in [0.717, 1.165) is 12.2 Å². The van der Waals surface area contributed by atoms with Crippen LogP contribution in [0, 0.1) is 5.92 Å². The Balaban J connectivity index is 1.89. The van der Waals surface area contributed by atoms with E-state index in [1.165, 1.54) is 6.92 Å². The van der Waals surface area contributed by atoms with Gasteiger partial charge in [-0.25, -0.2) is 4.79 Å². The number of nitrogens with one attached hydrogen (secondary N) is 1. The molecule has 1 aliphatic heterocycles. The molecule has 26 heavy (non-hydrogen) atoms. The Morgan fingerprint density at radius 2 is 2.04 bits per heavy atom. The highest BCUT2D eigenvalue weighted by Crippen LogP contribution is 2.31. The van der Waals surface area contributed by atoms with Crippen molar-refractivity contribution in [3.8, 4) is 0 Å². The number of allylic oxidation sites excluding steroid dienone is 2. The van der Waals surface area contributed by atoms with Crippen molar-refractivity contribution in [2.24, 2.45) is 5.92 Å². The summed E-state index contributed by atoms with van der Waals surface area (Å²) in [5.41, 5.74) is -0.131. The zero-order valence-electron chi connectivity index (χ0n) is 15.2. The minimum absolute atomic E-state index is 0.131. The molecule has 1 heterocycles. The van der Waals surface area contributed by atoms with Crippen LogP contribution in [0.4, 0.5) is 0 Å². The van der Waals surface area contributed by atoms with E-state index in [0.29, 0.717) is 6.42 Å². The fourth-order valence-corrected chi connectivity index (χ4v) is 2.98. The molecule has 2 aliphatic rings. The highest BCUT2D eigenvalue weighted by atomic mass is 16.6. The predicted molar refractivity (Wildman–Crippen MR) is 90.6 cm³/mol. The van der Waals surface area contributed by atoms with E-state index in [2.05, 4.69) is 5.32 Å². The highest BCUT2D eigenvalue weighted by Gasteiger charge is 2.39. The Kier molecular flexibility index (Phi) is 6.20. The van der Waals surface area contributed by atoms with E-state index < -0.39 is 23.8 Å². The lowest BCUT2D eigenvalue weighted by Gasteiger charge is -2.40. The molecule has 0 spiro atoms. The molecule has 2 rings (SSSR count). The Morgan fingerprint density at radius 3 is 2.62 bits per heavy atom. The topological polar surface area (TPSA) is 122 Å². The fourth-order valence-electron chi connectivity index (χ4n) is 2.98. The zero-order chi connectivity index (χ0) is 19.5. The number of carbonyl (C=O) groups excluding carboxylic acids is 3. The van der Waals surface area contributed by atoms with Crippen LogP contribution in [0.1, 0.15) is 46.5 Å². The van der Waals surface area contributed by atoms with Crippen LogP contribution in [0.15, 0.2) is 23.6 Å². The van der Waals surface area contributed by atoms with Gasteiger partial charge in [-0.2, -0.15) is 0 Å². The maximum absolute atomic E-state index is 11.9. The van der Waals surface area contributed by atoms with Gasteiger partial charge in [0.25, 0.3) is 0 Å². The molecule has 3 atom stereocenters. The average molecular weight is 367 g/mol. The van der Waals surface area contributed by atoms with Gasteiger partial charge >= 0.3 is 5.97 Å². The molecule has 0 aromatic carbocycles. The molecule has 1 amide bonds. The largest absolute Gasteiger partial charge is 0.510 e. The first-order chi connectivity index (χ1) is 12.1. The number of aliphatic hydroxyl groups is 2. The van der Waals surface area contributed by atoms with Crippen LogP contribution in [0.5, 0.6) is 0 Å². The molecule has 3 unspecified atom stereocenters. The number of esters is 1. The molecular weight excluding hydrogens is 342 g/mol. The molecule has 0 aromatic rings. The Labute approximate surface area is 151 Å². The van der Waals surface area contributed by atoms with Gasteiger partial charge in [-0.1, -0.05) is 13.8 Å². The lowest BCUT2D eigenvalue weighted by molar-refractivity contribution is -0.270. The molecule has 1 fully saturated rings. The number of hydrogen-bond acceptors (Lipinski definition) is 7. The van der Waals surface area contributed by atoms with Gasteiger partial charge in [0.15, 0.2) is 11.6 Å². The van der Waals surface area contributed by atoms with Gasteiger partial charge in [0.1, 0.15) is 17.6 Å². The van der Waals surface area contributed by atoms with E-state index in [9.17, 15) is 24.6 Å². The van der Waals surface area contributed by atoms with Gasteiger partial charge in [-0.15, -0.1) is 0 Å². The first-order valence-corrected chi connectivity index (χ1v) is 8.62. The number of carbonyl (C=O) groups is 3. The van der Waals surface area contributed by atoms with Crippen LogP contribution in [-0.4, -0.2) is 45.9 Å². The minimum Gasteiger partial charge on any atom is -0.510 e.